The van der Waals surface area contributed by atoms with Crippen LogP contribution in [-0.4, -0.2) is 12.6 Å². The molecule has 0 aromatic heterocycles. The molecule has 0 saturated carbocycles. The maximum absolute atomic E-state index is 13.4. The van der Waals surface area contributed by atoms with Crippen molar-refractivity contribution in [2.45, 2.75) is 39.7 Å². The number of benzene rings is 1. The summed E-state index contributed by atoms with van der Waals surface area (Å²) in [5.41, 5.74) is 1.03. The summed E-state index contributed by atoms with van der Waals surface area (Å²) < 4.78 is 14.0. The van der Waals surface area contributed by atoms with Gasteiger partial charge in [-0.1, -0.05) is 32.9 Å². The maximum Gasteiger partial charge on any atom is 0.137 e. The van der Waals surface area contributed by atoms with Gasteiger partial charge in [0, 0.05) is 6.04 Å². The van der Waals surface area contributed by atoms with Crippen LogP contribution in [0.4, 0.5) is 4.39 Å². The lowest BCUT2D eigenvalue weighted by molar-refractivity contribution is 0.396. The second-order valence-electron chi connectivity index (χ2n) is 4.72. The van der Waals surface area contributed by atoms with Gasteiger partial charge in [0.2, 0.25) is 0 Å². The molecular formula is C14H21BrFN. The molecular weight excluding hydrogens is 281 g/mol. The van der Waals surface area contributed by atoms with E-state index in [1.807, 2.05) is 6.07 Å². The van der Waals surface area contributed by atoms with E-state index in [2.05, 4.69) is 42.0 Å². The van der Waals surface area contributed by atoms with E-state index in [0.717, 1.165) is 24.9 Å². The summed E-state index contributed by atoms with van der Waals surface area (Å²) in [7, 11) is 0. The fourth-order valence-electron chi connectivity index (χ4n) is 1.82. The lowest BCUT2D eigenvalue weighted by Gasteiger charge is -2.23. The van der Waals surface area contributed by atoms with Gasteiger partial charge in [0.25, 0.3) is 0 Å². The number of rotatable bonds is 6. The van der Waals surface area contributed by atoms with E-state index in [0.29, 0.717) is 16.4 Å². The quantitative estimate of drug-likeness (QED) is 0.832. The molecule has 1 atom stereocenters. The van der Waals surface area contributed by atoms with Gasteiger partial charge in [-0.25, -0.2) is 4.39 Å². The zero-order chi connectivity index (χ0) is 12.8. The van der Waals surface area contributed by atoms with Crippen LogP contribution < -0.4 is 5.32 Å². The summed E-state index contributed by atoms with van der Waals surface area (Å²) in [5.74, 6) is 0.359. The Hall–Kier alpha value is -0.410. The molecule has 1 aromatic carbocycles. The van der Waals surface area contributed by atoms with Gasteiger partial charge >= 0.3 is 0 Å². The van der Waals surface area contributed by atoms with E-state index in [1.54, 1.807) is 6.07 Å². The van der Waals surface area contributed by atoms with Crippen molar-refractivity contribution < 1.29 is 4.39 Å². The van der Waals surface area contributed by atoms with Crippen molar-refractivity contribution in [1.82, 2.24) is 5.32 Å². The third-order valence-corrected chi connectivity index (χ3v) is 3.82. The van der Waals surface area contributed by atoms with Crippen LogP contribution in [0.25, 0.3) is 0 Å². The number of halogens is 2. The maximum atomic E-state index is 13.4. The van der Waals surface area contributed by atoms with Gasteiger partial charge < -0.3 is 5.32 Å². The third kappa shape index (κ3) is 4.40. The van der Waals surface area contributed by atoms with E-state index >= 15 is 0 Å². The van der Waals surface area contributed by atoms with E-state index in [1.165, 1.54) is 6.07 Å². The molecule has 1 N–H and O–H groups in total. The summed E-state index contributed by atoms with van der Waals surface area (Å²) in [6.45, 7) is 7.55. The molecule has 0 spiro atoms. The Morgan fingerprint density at radius 3 is 2.65 bits per heavy atom. The van der Waals surface area contributed by atoms with Crippen LogP contribution in [0.2, 0.25) is 0 Å². The first kappa shape index (κ1) is 14.7. The first-order chi connectivity index (χ1) is 8.06. The monoisotopic (exact) mass is 301 g/mol. The van der Waals surface area contributed by atoms with Crippen LogP contribution in [-0.2, 0) is 6.42 Å². The summed E-state index contributed by atoms with van der Waals surface area (Å²) in [6.07, 6.45) is 1.98. The van der Waals surface area contributed by atoms with Crippen molar-refractivity contribution in [3.8, 4) is 0 Å². The fourth-order valence-corrected chi connectivity index (χ4v) is 2.24. The largest absolute Gasteiger partial charge is 0.313 e. The third-order valence-electron chi connectivity index (χ3n) is 2.93. The predicted molar refractivity (Wildman–Crippen MR) is 74.7 cm³/mol. The Balaban J connectivity index is 2.75. The molecule has 0 aliphatic rings. The van der Waals surface area contributed by atoms with Gasteiger partial charge in [-0.2, -0.15) is 0 Å². The standard InChI is InChI=1S/C14H21BrFN/c1-4-8-17-13(10(2)3)9-11-6-5-7-12(16)14(11)15/h5-7,10,13,17H,4,8-9H2,1-3H3. The van der Waals surface area contributed by atoms with Crippen molar-refractivity contribution in [1.29, 1.82) is 0 Å². The molecule has 0 radical (unpaired) electrons. The van der Waals surface area contributed by atoms with Gasteiger partial charge in [-0.3, -0.25) is 0 Å². The number of nitrogens with one attached hydrogen (secondary N) is 1. The van der Waals surface area contributed by atoms with Crippen molar-refractivity contribution >= 4 is 15.9 Å². The SMILES string of the molecule is CCCNC(Cc1cccc(F)c1Br)C(C)C. The fraction of sp³-hybridized carbons (Fsp3) is 0.571. The van der Waals surface area contributed by atoms with Gasteiger partial charge in [0.05, 0.1) is 4.47 Å². The highest BCUT2D eigenvalue weighted by molar-refractivity contribution is 9.10. The summed E-state index contributed by atoms with van der Waals surface area (Å²) in [6, 6.07) is 5.63. The van der Waals surface area contributed by atoms with Crippen molar-refractivity contribution in [3.05, 3.63) is 34.1 Å². The van der Waals surface area contributed by atoms with E-state index in [9.17, 15) is 4.39 Å². The number of hydrogen-bond donors (Lipinski definition) is 1. The highest BCUT2D eigenvalue weighted by Gasteiger charge is 2.15. The van der Waals surface area contributed by atoms with Crippen LogP contribution in [0.15, 0.2) is 22.7 Å². The predicted octanol–water partition coefficient (Wildman–Crippen LogP) is 4.15. The second-order valence-corrected chi connectivity index (χ2v) is 5.51. The van der Waals surface area contributed by atoms with Crippen LogP contribution in [0.5, 0.6) is 0 Å². The molecule has 3 heteroatoms. The minimum Gasteiger partial charge on any atom is -0.313 e. The molecule has 0 fully saturated rings. The second kappa shape index (κ2) is 7.12. The van der Waals surface area contributed by atoms with Crippen LogP contribution in [0.3, 0.4) is 0 Å². The van der Waals surface area contributed by atoms with Crippen molar-refractivity contribution in [2.24, 2.45) is 5.92 Å². The molecule has 0 amide bonds. The van der Waals surface area contributed by atoms with Crippen LogP contribution in [0.1, 0.15) is 32.8 Å². The summed E-state index contributed by atoms with van der Waals surface area (Å²) in [4.78, 5) is 0. The minimum absolute atomic E-state index is 0.180. The van der Waals surface area contributed by atoms with Gasteiger partial charge in [-0.05, 0) is 52.9 Å². The summed E-state index contributed by atoms with van der Waals surface area (Å²) in [5, 5.41) is 3.52. The van der Waals surface area contributed by atoms with Crippen molar-refractivity contribution in [2.75, 3.05) is 6.54 Å². The zero-order valence-electron chi connectivity index (χ0n) is 10.8. The van der Waals surface area contributed by atoms with E-state index in [4.69, 9.17) is 0 Å². The lowest BCUT2D eigenvalue weighted by Crippen LogP contribution is -2.36. The molecule has 0 heterocycles. The van der Waals surface area contributed by atoms with E-state index in [-0.39, 0.29) is 5.82 Å². The molecule has 1 rings (SSSR count). The van der Waals surface area contributed by atoms with Gasteiger partial charge in [0.15, 0.2) is 0 Å². The molecule has 1 nitrogen and oxygen atoms in total. The minimum atomic E-state index is -0.180. The van der Waals surface area contributed by atoms with Gasteiger partial charge in [0.1, 0.15) is 5.82 Å². The highest BCUT2D eigenvalue weighted by atomic mass is 79.9. The number of hydrogen-bond acceptors (Lipinski definition) is 1. The Labute approximate surface area is 112 Å². The molecule has 0 bridgehead atoms. The van der Waals surface area contributed by atoms with E-state index < -0.39 is 0 Å². The Kier molecular flexibility index (Phi) is 6.14. The van der Waals surface area contributed by atoms with Crippen molar-refractivity contribution in [3.63, 3.8) is 0 Å². The average molecular weight is 302 g/mol. The molecule has 0 aliphatic heterocycles. The first-order valence-corrected chi connectivity index (χ1v) is 7.01. The Morgan fingerprint density at radius 2 is 2.06 bits per heavy atom. The van der Waals surface area contributed by atoms with Gasteiger partial charge in [-0.15, -0.1) is 0 Å². The van der Waals surface area contributed by atoms with Crippen LogP contribution >= 0.6 is 15.9 Å². The lowest BCUT2D eigenvalue weighted by atomic mass is 9.96. The Morgan fingerprint density at radius 1 is 1.35 bits per heavy atom. The molecule has 0 aliphatic carbocycles. The Bertz CT molecular complexity index is 352. The zero-order valence-corrected chi connectivity index (χ0v) is 12.3. The average Bonchev–Trinajstić information content (AvgIpc) is 2.29. The normalized spacial score (nSPS) is 13.1. The molecule has 1 aromatic rings. The molecule has 0 saturated heterocycles. The molecule has 1 unspecified atom stereocenters. The molecule has 96 valence electrons. The summed E-state index contributed by atoms with van der Waals surface area (Å²) >= 11 is 3.32. The first-order valence-electron chi connectivity index (χ1n) is 6.22. The molecule has 17 heavy (non-hydrogen) atoms. The smallest absolute Gasteiger partial charge is 0.137 e. The topological polar surface area (TPSA) is 12.0 Å². The highest BCUT2D eigenvalue weighted by Crippen LogP contribution is 2.23. The van der Waals surface area contributed by atoms with Crippen LogP contribution in [0, 0.1) is 11.7 Å².